The van der Waals surface area contributed by atoms with Crippen molar-refractivity contribution in [2.45, 2.75) is 25.2 Å². The first-order chi connectivity index (χ1) is 9.23. The number of carbonyl (C=O) groups excluding carboxylic acids is 1. The van der Waals surface area contributed by atoms with E-state index in [4.69, 9.17) is 5.73 Å². The maximum atomic E-state index is 13.3. The lowest BCUT2D eigenvalue weighted by Crippen LogP contribution is -2.32. The van der Waals surface area contributed by atoms with Crippen molar-refractivity contribution >= 4 is 15.9 Å². The Bertz CT molecular complexity index is 635. The van der Waals surface area contributed by atoms with Gasteiger partial charge in [-0.1, -0.05) is 0 Å². The van der Waals surface area contributed by atoms with Crippen LogP contribution in [0.5, 0.6) is 0 Å². The van der Waals surface area contributed by atoms with Gasteiger partial charge in [0, 0.05) is 13.1 Å². The van der Waals surface area contributed by atoms with Gasteiger partial charge in [0.25, 0.3) is 0 Å². The summed E-state index contributed by atoms with van der Waals surface area (Å²) in [7, 11) is -3.72. The highest BCUT2D eigenvalue weighted by atomic mass is 32.2. The van der Waals surface area contributed by atoms with Crippen molar-refractivity contribution in [2.24, 2.45) is 11.7 Å². The van der Waals surface area contributed by atoms with Crippen LogP contribution in [0.4, 0.5) is 4.39 Å². The lowest BCUT2D eigenvalue weighted by molar-refractivity contribution is -0.121. The van der Waals surface area contributed by atoms with E-state index in [2.05, 4.69) is 0 Å². The largest absolute Gasteiger partial charge is 0.369 e. The van der Waals surface area contributed by atoms with E-state index in [0.29, 0.717) is 17.5 Å². The van der Waals surface area contributed by atoms with E-state index in [9.17, 15) is 17.6 Å². The number of amides is 1. The Labute approximate surface area is 117 Å². The SMILES string of the molecule is Cc1cc(F)cc(C)c1S(=O)(=O)N1CCC(C(N)=O)C1. The van der Waals surface area contributed by atoms with Crippen molar-refractivity contribution in [3.05, 3.63) is 29.1 Å². The molecule has 1 aliphatic rings. The minimum absolute atomic E-state index is 0.0912. The zero-order valence-corrected chi connectivity index (χ0v) is 12.2. The molecule has 0 aromatic heterocycles. The fourth-order valence-electron chi connectivity index (χ4n) is 2.61. The molecule has 1 heterocycles. The van der Waals surface area contributed by atoms with Crippen LogP contribution in [-0.2, 0) is 14.8 Å². The molecule has 1 atom stereocenters. The first-order valence-corrected chi connectivity index (χ1v) is 7.73. The van der Waals surface area contributed by atoms with Crippen LogP contribution in [0.2, 0.25) is 0 Å². The number of nitrogens with zero attached hydrogens (tertiary/aromatic N) is 1. The van der Waals surface area contributed by atoms with Crippen LogP contribution in [0.15, 0.2) is 17.0 Å². The van der Waals surface area contributed by atoms with Gasteiger partial charge in [-0.3, -0.25) is 4.79 Å². The Morgan fingerprint density at radius 1 is 1.35 bits per heavy atom. The van der Waals surface area contributed by atoms with Crippen LogP contribution in [0.25, 0.3) is 0 Å². The van der Waals surface area contributed by atoms with Gasteiger partial charge in [0.1, 0.15) is 5.82 Å². The molecule has 0 spiro atoms. The molecule has 20 heavy (non-hydrogen) atoms. The van der Waals surface area contributed by atoms with Gasteiger partial charge in [-0.2, -0.15) is 4.31 Å². The Kier molecular flexibility index (Phi) is 3.84. The Hall–Kier alpha value is -1.47. The highest BCUT2D eigenvalue weighted by Gasteiger charge is 2.36. The van der Waals surface area contributed by atoms with Crippen molar-refractivity contribution in [1.29, 1.82) is 0 Å². The summed E-state index contributed by atoms with van der Waals surface area (Å²) in [5.74, 6) is -1.41. The van der Waals surface area contributed by atoms with Crippen LogP contribution in [0, 0.1) is 25.6 Å². The second-order valence-electron chi connectivity index (χ2n) is 5.12. The molecule has 0 radical (unpaired) electrons. The number of hydrogen-bond donors (Lipinski definition) is 1. The number of rotatable bonds is 3. The predicted molar refractivity (Wildman–Crippen MR) is 71.9 cm³/mol. The smallest absolute Gasteiger partial charge is 0.243 e. The third-order valence-electron chi connectivity index (χ3n) is 3.58. The molecule has 1 saturated heterocycles. The summed E-state index contributed by atoms with van der Waals surface area (Å²) in [6, 6.07) is 2.39. The second kappa shape index (κ2) is 5.14. The maximum Gasteiger partial charge on any atom is 0.243 e. The van der Waals surface area contributed by atoms with E-state index in [0.717, 1.165) is 0 Å². The quantitative estimate of drug-likeness (QED) is 0.902. The van der Waals surface area contributed by atoms with Crippen molar-refractivity contribution in [3.8, 4) is 0 Å². The number of primary amides is 1. The van der Waals surface area contributed by atoms with Crippen molar-refractivity contribution in [3.63, 3.8) is 0 Å². The molecule has 2 N–H and O–H groups in total. The number of nitrogens with two attached hydrogens (primary N) is 1. The molecule has 7 heteroatoms. The third kappa shape index (κ3) is 2.55. The van der Waals surface area contributed by atoms with Crippen LogP contribution < -0.4 is 5.73 Å². The van der Waals surface area contributed by atoms with Crippen molar-refractivity contribution in [1.82, 2.24) is 4.31 Å². The Morgan fingerprint density at radius 2 is 1.90 bits per heavy atom. The fourth-order valence-corrected chi connectivity index (χ4v) is 4.52. The van der Waals surface area contributed by atoms with E-state index in [1.165, 1.54) is 16.4 Å². The molecule has 1 aromatic carbocycles. The molecular formula is C13H17FN2O3S. The summed E-state index contributed by atoms with van der Waals surface area (Å²) in [4.78, 5) is 11.3. The highest BCUT2D eigenvalue weighted by molar-refractivity contribution is 7.89. The number of hydrogen-bond acceptors (Lipinski definition) is 3. The first kappa shape index (κ1) is 14.9. The molecule has 1 aliphatic heterocycles. The van der Waals surface area contributed by atoms with Gasteiger partial charge in [0.2, 0.25) is 15.9 Å². The molecule has 1 fully saturated rings. The molecule has 1 unspecified atom stereocenters. The predicted octanol–water partition coefficient (Wildman–Crippen LogP) is 0.938. The molecule has 1 aromatic rings. The van der Waals surface area contributed by atoms with Crippen molar-refractivity contribution < 1.29 is 17.6 Å². The van der Waals surface area contributed by atoms with E-state index < -0.39 is 27.7 Å². The van der Waals surface area contributed by atoms with Gasteiger partial charge < -0.3 is 5.73 Å². The molecule has 0 aliphatic carbocycles. The summed E-state index contributed by atoms with van der Waals surface area (Å²) in [5, 5.41) is 0. The molecular weight excluding hydrogens is 283 g/mol. The molecule has 0 bridgehead atoms. The standard InChI is InChI=1S/C13H17FN2O3S/c1-8-5-11(14)6-9(2)12(8)20(18,19)16-4-3-10(7-16)13(15)17/h5-6,10H,3-4,7H2,1-2H3,(H2,15,17). The van der Waals surface area contributed by atoms with Gasteiger partial charge in [0.15, 0.2) is 0 Å². The van der Waals surface area contributed by atoms with Crippen LogP contribution in [-0.4, -0.2) is 31.7 Å². The van der Waals surface area contributed by atoms with Crippen molar-refractivity contribution in [2.75, 3.05) is 13.1 Å². The van der Waals surface area contributed by atoms with E-state index >= 15 is 0 Å². The lowest BCUT2D eigenvalue weighted by Gasteiger charge is -2.19. The number of aryl methyl sites for hydroxylation is 2. The average Bonchev–Trinajstić information content (AvgIpc) is 2.76. The fraction of sp³-hybridized carbons (Fsp3) is 0.462. The average molecular weight is 300 g/mol. The van der Waals surface area contributed by atoms with E-state index in [1.807, 2.05) is 0 Å². The van der Waals surface area contributed by atoms with Gasteiger partial charge in [0.05, 0.1) is 10.8 Å². The first-order valence-electron chi connectivity index (χ1n) is 6.29. The van der Waals surface area contributed by atoms with Gasteiger partial charge in [-0.05, 0) is 43.5 Å². The third-order valence-corrected chi connectivity index (χ3v) is 5.75. The number of halogens is 1. The topological polar surface area (TPSA) is 80.5 Å². The highest BCUT2D eigenvalue weighted by Crippen LogP contribution is 2.28. The Balaban J connectivity index is 2.40. The van der Waals surface area contributed by atoms with Crippen LogP contribution in [0.1, 0.15) is 17.5 Å². The minimum atomic E-state index is -3.72. The second-order valence-corrected chi connectivity index (χ2v) is 6.99. The number of sulfonamides is 1. The normalized spacial score (nSPS) is 20.2. The summed E-state index contributed by atoms with van der Waals surface area (Å²) >= 11 is 0. The molecule has 1 amide bonds. The van der Waals surface area contributed by atoms with Gasteiger partial charge in [-0.15, -0.1) is 0 Å². The monoisotopic (exact) mass is 300 g/mol. The zero-order chi connectivity index (χ0) is 15.1. The number of carbonyl (C=O) groups is 1. The number of benzene rings is 1. The molecule has 0 saturated carbocycles. The zero-order valence-electron chi connectivity index (χ0n) is 11.4. The van der Waals surface area contributed by atoms with Gasteiger partial charge in [-0.25, -0.2) is 12.8 Å². The van der Waals surface area contributed by atoms with E-state index in [1.54, 1.807) is 13.8 Å². The summed E-state index contributed by atoms with van der Waals surface area (Å²) in [6.07, 6.45) is 0.424. The van der Waals surface area contributed by atoms with E-state index in [-0.39, 0.29) is 18.0 Å². The minimum Gasteiger partial charge on any atom is -0.369 e. The molecule has 2 rings (SSSR count). The molecule has 5 nitrogen and oxygen atoms in total. The lowest BCUT2D eigenvalue weighted by atomic mass is 10.1. The molecule has 110 valence electrons. The summed E-state index contributed by atoms with van der Waals surface area (Å²) < 4.78 is 39.7. The summed E-state index contributed by atoms with van der Waals surface area (Å²) in [6.45, 7) is 3.47. The van der Waals surface area contributed by atoms with Gasteiger partial charge >= 0.3 is 0 Å². The Morgan fingerprint density at radius 3 is 2.35 bits per heavy atom. The summed E-state index contributed by atoms with van der Waals surface area (Å²) in [5.41, 5.74) is 5.94. The van der Waals surface area contributed by atoms with Crippen LogP contribution >= 0.6 is 0 Å². The maximum absolute atomic E-state index is 13.3. The van der Waals surface area contributed by atoms with Crippen LogP contribution in [0.3, 0.4) is 0 Å².